The first kappa shape index (κ1) is 157. The van der Waals surface area contributed by atoms with Crippen LogP contribution in [0.5, 0.6) is 34.5 Å². The van der Waals surface area contributed by atoms with Crippen molar-refractivity contribution in [3.63, 3.8) is 0 Å². The van der Waals surface area contributed by atoms with E-state index in [9.17, 15) is 4.79 Å². The molecule has 7 aliphatic rings. The van der Waals surface area contributed by atoms with Crippen molar-refractivity contribution >= 4 is 16.8 Å². The Hall–Kier alpha value is 1.80. The van der Waals surface area contributed by atoms with Crippen molar-refractivity contribution in [1.29, 1.82) is 0 Å². The first-order valence-corrected chi connectivity index (χ1v) is 43.5. The maximum Gasteiger partial charge on any atom is 0.252 e. The Balaban J connectivity index is -0.000000200. The molecule has 4 fully saturated rings. The summed E-state index contributed by atoms with van der Waals surface area (Å²) in [6.45, 7) is 38.6. The van der Waals surface area contributed by atoms with E-state index in [-0.39, 0.29) is 254 Å². The van der Waals surface area contributed by atoms with Gasteiger partial charge in [0.25, 0.3) is 5.24 Å². The molecule has 0 N–H and O–H groups in total. The van der Waals surface area contributed by atoms with Crippen LogP contribution in [0.4, 0.5) is 0 Å². The van der Waals surface area contributed by atoms with Gasteiger partial charge in [-0.25, -0.2) is 0 Å². The van der Waals surface area contributed by atoms with Gasteiger partial charge < -0.3 is 220 Å². The minimum absolute atomic E-state index is 0. The summed E-state index contributed by atoms with van der Waals surface area (Å²) in [6.07, 6.45) is -0.805. The van der Waals surface area contributed by atoms with Crippen LogP contribution >= 0.6 is 11.6 Å². The van der Waals surface area contributed by atoms with E-state index in [0.29, 0.717) is 438 Å². The summed E-state index contributed by atoms with van der Waals surface area (Å²) in [5, 5.41) is -0.592. The fourth-order valence-corrected chi connectivity index (χ4v) is 9.72. The van der Waals surface area contributed by atoms with E-state index in [1.54, 1.807) is 56.2 Å². The molecule has 6 radical (unpaired) electrons. The number of hydrogen-bond acceptors (Lipinski definition) is 38. The summed E-state index contributed by atoms with van der Waals surface area (Å²) in [5.41, 5.74) is 0. The quantitative estimate of drug-likeness (QED) is 0.167. The summed E-state index contributed by atoms with van der Waals surface area (Å²) in [7, 11) is 0. The minimum Gasteiger partial charge on any atom is -0.548 e. The average molecular weight is 2450 g/mol. The Morgan fingerprint density at radius 1 is 0.210 bits per heavy atom. The summed E-state index contributed by atoms with van der Waals surface area (Å²) < 4.78 is 198. The number of carbonyl (C=O) groups excluding carboxylic acids is 1. The minimum atomic E-state index is -0.805. The molecule has 4 saturated heterocycles. The van der Waals surface area contributed by atoms with Gasteiger partial charge in [0.1, 0.15) is 19.8 Å². The molecule has 0 saturated carbocycles. The van der Waals surface area contributed by atoms with Crippen LogP contribution in [0.1, 0.15) is 0 Å². The number of benzene rings is 3. The van der Waals surface area contributed by atoms with E-state index in [2.05, 4.69) is 18.2 Å². The topological polar surface area (TPSA) is 359 Å². The maximum absolute atomic E-state index is 11.3. The van der Waals surface area contributed by atoms with E-state index >= 15 is 0 Å². The Kier molecular flexibility index (Phi) is 150. The van der Waals surface area contributed by atoms with Gasteiger partial charge in [-0.3, -0.25) is 4.79 Å². The maximum atomic E-state index is 11.3. The monoisotopic (exact) mass is 2450 g/mol. The first-order chi connectivity index (χ1) is 62.7. The third-order valence-corrected chi connectivity index (χ3v) is 16.0. The van der Waals surface area contributed by atoms with Gasteiger partial charge in [-0.05, 0) is 11.6 Å². The van der Waals surface area contributed by atoms with Crippen molar-refractivity contribution in [3.8, 4) is 34.5 Å². The molecule has 138 heavy (non-hydrogen) atoms. The number of rotatable bonds is 1. The van der Waals surface area contributed by atoms with Crippen molar-refractivity contribution in [2.45, 2.75) is 6.10 Å². The zero-order valence-electron chi connectivity index (χ0n) is 83.1. The third-order valence-electron chi connectivity index (χ3n) is 15.7. The van der Waals surface area contributed by atoms with Gasteiger partial charge in [0.2, 0.25) is 0 Å². The number of carbonyl (C=O) groups is 1. The van der Waals surface area contributed by atoms with Crippen LogP contribution < -0.4 is 28.4 Å². The molecule has 1 atom stereocenters. The standard InChI is InChI=1S/C16H23O6.C15H27ClO8.C14H19O5.C12H23O6.C12H15O4.C10H19O5.C8H15O4.6CH3.6Y/c1-2-4-16-15(3-1)21-13-11-19-9-7-17-5-6-18-8-10-20-12-14-22-16;16-15(17)14-13-23-10-9-21-6-5-19-2-1-18-3-4-20-7-8-22-11-12-24-14;1-2-4-14-13(3-1)18-11-9-16-7-5-15-6-8-17-10-12-19-14;1-2-14-5-6-16-9-10-18-12-11-17-8-7-15-4-3-13-1;1-2-4-12-11(3-1)15-9-7-13-5-6-14-8-10-16-12;1-2-12-5-6-14-9-10-15-8-7-13-4-3-11-1;1-2-10-5-6-12-8-7-11-4-3-9-1;;;;;;;;;;;;/h1,3-4H,5-14H2;14H,1-13H2;1,3-4H,5-12H2;1H,2-12H2;1,3-4H,5-10H2;1H,2-10H2;1H,2-8H2;6*1H3;;;;;;/q-1;;11*-1;;;;;;. The molecule has 7 aliphatic heterocycles. The summed E-state index contributed by atoms with van der Waals surface area (Å²) in [6, 6.07) is 25.1. The molecule has 796 valence electrons. The van der Waals surface area contributed by atoms with E-state index < -0.39 is 11.3 Å². The normalized spacial score (nSPS) is 20.2. The van der Waals surface area contributed by atoms with Crippen LogP contribution in [-0.2, 0) is 348 Å². The van der Waals surface area contributed by atoms with Crippen molar-refractivity contribution in [3.05, 3.63) is 137 Å². The Labute approximate surface area is 982 Å². The molecule has 1 unspecified atom stereocenters. The van der Waals surface area contributed by atoms with Crippen LogP contribution in [0.15, 0.2) is 54.6 Å². The van der Waals surface area contributed by atoms with E-state index in [0.717, 1.165) is 5.75 Å². The zero-order chi connectivity index (χ0) is 88.6. The molecule has 0 aromatic heterocycles. The van der Waals surface area contributed by atoms with Gasteiger partial charge in [-0.2, -0.15) is 56.2 Å². The van der Waals surface area contributed by atoms with Crippen molar-refractivity contribution in [2.24, 2.45) is 0 Å². The average Bonchev–Trinajstić information content (AvgIpc) is 0.952. The molecule has 10 rings (SSSR count). The van der Waals surface area contributed by atoms with Gasteiger partial charge in [-0.15, -0.1) is 36.4 Å². The van der Waals surface area contributed by atoms with Gasteiger partial charge in [0.05, 0.1) is 381 Å². The molecule has 38 nitrogen and oxygen atoms in total. The second kappa shape index (κ2) is 131. The number of halogens is 1. The van der Waals surface area contributed by atoms with Crippen molar-refractivity contribution in [2.75, 3.05) is 423 Å². The zero-order valence-corrected chi connectivity index (χ0v) is 101. The van der Waals surface area contributed by atoms with Crippen LogP contribution in [-0.4, -0.2) is 434 Å². The van der Waals surface area contributed by atoms with E-state index in [1.807, 2.05) is 18.2 Å². The molecule has 0 aliphatic carbocycles. The molecular weight excluding hydrogens is 2290 g/mol. The molecular formula is C93H159ClO38Y6-12. The summed E-state index contributed by atoms with van der Waals surface area (Å²) >= 11 is 5.48. The first-order valence-electron chi connectivity index (χ1n) is 43.2. The van der Waals surface area contributed by atoms with Gasteiger partial charge in [0, 0.05) is 233 Å². The number of hydrogen-bond donors (Lipinski definition) is 0. The van der Waals surface area contributed by atoms with Crippen LogP contribution in [0.2, 0.25) is 0 Å². The van der Waals surface area contributed by atoms with Crippen LogP contribution in [0.3, 0.4) is 0 Å². The SMILES string of the molecule is O=C(Cl)C1COCCOCCOCCOCCOCCOCCO1.[CH-]1COCCOCCOCCO1.[CH-]1COCCOCCOCCOCCO1.[CH-]1COCCOCCOCCOCCOCCO1.[CH3-].[CH3-].[CH3-].[CH3-].[CH3-].[CH3-].[Y].[Y].[Y].[Y].[Y].[Y].[c-]1ccc2c(c1)OCCOCCOCCO2.[c-]1ccc2c(c1)OCCOCCOCCOCCO2.[c-]1ccc2c(c1)OCCOCCOCCOCCOCCO2. The molecule has 7 heterocycles. The van der Waals surface area contributed by atoms with Gasteiger partial charge in [0.15, 0.2) is 6.10 Å². The van der Waals surface area contributed by atoms with E-state index in [1.165, 1.54) is 0 Å². The molecule has 0 spiro atoms. The fourth-order valence-electron chi connectivity index (χ4n) is 9.60. The van der Waals surface area contributed by atoms with Crippen LogP contribution in [0.25, 0.3) is 0 Å². The second-order valence-electron chi connectivity index (χ2n) is 25.4. The predicted octanol–water partition coefficient (Wildman–Crippen LogP) is 7.59. The molecule has 3 aromatic carbocycles. The smallest absolute Gasteiger partial charge is 0.252 e. The van der Waals surface area contributed by atoms with E-state index in [4.69, 9.17) is 187 Å². The number of fused-ring (bicyclic) bond motifs is 3. The Morgan fingerprint density at radius 3 is 0.551 bits per heavy atom. The molecule has 3 aromatic rings. The predicted molar refractivity (Wildman–Crippen MR) is 491 cm³/mol. The molecule has 45 heteroatoms. The molecule has 0 bridgehead atoms. The second-order valence-corrected chi connectivity index (χ2v) is 25.7. The van der Waals surface area contributed by atoms with Crippen molar-refractivity contribution in [1.82, 2.24) is 0 Å². The van der Waals surface area contributed by atoms with Gasteiger partial charge in [-0.1, -0.05) is 19.8 Å². The van der Waals surface area contributed by atoms with Crippen molar-refractivity contribution < 1.29 is 376 Å². The molecule has 0 amide bonds. The van der Waals surface area contributed by atoms with Gasteiger partial charge >= 0.3 is 0 Å². The summed E-state index contributed by atoms with van der Waals surface area (Å²) in [4.78, 5) is 11.3. The fraction of sp³-hybridized carbons (Fsp3) is 0.699. The Bertz CT molecular complexity index is 2470. The van der Waals surface area contributed by atoms with Crippen LogP contribution in [0, 0.1) is 82.6 Å². The number of ether oxygens (including phenoxy) is 37. The Morgan fingerprint density at radius 2 is 0.362 bits per heavy atom. The largest absolute Gasteiger partial charge is 0.548 e. The third kappa shape index (κ3) is 108. The summed E-state index contributed by atoms with van der Waals surface area (Å²) in [5.74, 6) is 4.15.